The Kier molecular flexibility index (Phi) is 4.13. The van der Waals surface area contributed by atoms with Crippen LogP contribution in [0.25, 0.3) is 0 Å². The summed E-state index contributed by atoms with van der Waals surface area (Å²) in [6.07, 6.45) is 2.69. The number of hydrogen-bond donors (Lipinski definition) is 2. The van der Waals surface area contributed by atoms with Gasteiger partial charge in [-0.1, -0.05) is 6.92 Å². The third-order valence-electron chi connectivity index (χ3n) is 0.705. The monoisotopic (exact) mass is 115 g/mol. The van der Waals surface area contributed by atoms with E-state index in [-0.39, 0.29) is 0 Å². The molecule has 2 N–H and O–H groups in total. The van der Waals surface area contributed by atoms with Gasteiger partial charge in [0.05, 0.1) is 0 Å². The Bertz CT molecular complexity index is 74.6. The number of aliphatic hydroxyl groups is 1. The minimum Gasteiger partial charge on any atom is -0.511 e. The van der Waals surface area contributed by atoms with E-state index >= 15 is 0 Å². The molecule has 0 rings (SSSR count). The van der Waals surface area contributed by atoms with Crippen molar-refractivity contribution in [1.82, 2.24) is 5.32 Å². The Morgan fingerprint density at radius 2 is 2.38 bits per heavy atom. The fourth-order valence-electron chi connectivity index (χ4n) is 0.364. The van der Waals surface area contributed by atoms with Crippen molar-refractivity contribution < 1.29 is 5.11 Å². The minimum atomic E-state index is 0.332. The molecule has 0 aromatic rings. The SMILES string of the molecule is CCCN/C=C(\C)O. The standard InChI is InChI=1S/C6H13NO/c1-3-4-7-5-6(2)8/h5,7-8H,3-4H2,1-2H3/b6-5+. The lowest BCUT2D eigenvalue weighted by Gasteiger charge is -1.94. The van der Waals surface area contributed by atoms with E-state index in [4.69, 9.17) is 5.11 Å². The number of allylic oxidation sites excluding steroid dienone is 1. The molecule has 0 heterocycles. The van der Waals surface area contributed by atoms with E-state index in [1.807, 2.05) is 0 Å². The summed E-state index contributed by atoms with van der Waals surface area (Å²) in [7, 11) is 0. The van der Waals surface area contributed by atoms with Crippen LogP contribution in [-0.2, 0) is 0 Å². The highest BCUT2D eigenvalue weighted by Gasteiger charge is 1.76. The average Bonchev–Trinajstić information content (AvgIpc) is 1.66. The maximum atomic E-state index is 8.58. The second-order valence-electron chi connectivity index (χ2n) is 1.74. The summed E-state index contributed by atoms with van der Waals surface area (Å²) in [4.78, 5) is 0. The summed E-state index contributed by atoms with van der Waals surface area (Å²) in [6, 6.07) is 0. The first-order valence-corrected chi connectivity index (χ1v) is 2.86. The summed E-state index contributed by atoms with van der Waals surface area (Å²) in [5.74, 6) is 0.332. The van der Waals surface area contributed by atoms with Crippen LogP contribution in [0.4, 0.5) is 0 Å². The van der Waals surface area contributed by atoms with Crippen molar-refractivity contribution in [3.63, 3.8) is 0 Å². The fourth-order valence-corrected chi connectivity index (χ4v) is 0.364. The molecular formula is C6H13NO. The zero-order valence-electron chi connectivity index (χ0n) is 5.44. The van der Waals surface area contributed by atoms with Gasteiger partial charge in [-0.05, 0) is 13.3 Å². The van der Waals surface area contributed by atoms with Crippen LogP contribution in [0.15, 0.2) is 12.0 Å². The largest absolute Gasteiger partial charge is 0.511 e. The first kappa shape index (κ1) is 7.34. The smallest absolute Gasteiger partial charge is 0.105 e. The van der Waals surface area contributed by atoms with Crippen molar-refractivity contribution >= 4 is 0 Å². The summed E-state index contributed by atoms with van der Waals surface area (Å²) in [5, 5.41) is 11.5. The van der Waals surface area contributed by atoms with Crippen LogP contribution in [-0.4, -0.2) is 11.7 Å². The van der Waals surface area contributed by atoms with Crippen LogP contribution in [0.5, 0.6) is 0 Å². The molecule has 0 atom stereocenters. The third kappa shape index (κ3) is 5.34. The van der Waals surface area contributed by atoms with Gasteiger partial charge in [-0.2, -0.15) is 0 Å². The van der Waals surface area contributed by atoms with Crippen LogP contribution in [0.3, 0.4) is 0 Å². The Hall–Kier alpha value is -0.660. The van der Waals surface area contributed by atoms with Gasteiger partial charge in [0.2, 0.25) is 0 Å². The molecule has 0 spiro atoms. The van der Waals surface area contributed by atoms with Crippen molar-refractivity contribution in [2.24, 2.45) is 0 Å². The molecular weight excluding hydrogens is 102 g/mol. The second-order valence-corrected chi connectivity index (χ2v) is 1.74. The van der Waals surface area contributed by atoms with E-state index in [9.17, 15) is 0 Å². The molecule has 2 nitrogen and oxygen atoms in total. The highest BCUT2D eigenvalue weighted by atomic mass is 16.3. The predicted molar refractivity (Wildman–Crippen MR) is 34.7 cm³/mol. The summed E-state index contributed by atoms with van der Waals surface area (Å²) in [5.41, 5.74) is 0. The molecule has 0 amide bonds. The van der Waals surface area contributed by atoms with E-state index in [2.05, 4.69) is 12.2 Å². The minimum absolute atomic E-state index is 0.332. The van der Waals surface area contributed by atoms with E-state index in [1.165, 1.54) is 0 Å². The normalized spacial score (nSPS) is 11.5. The van der Waals surface area contributed by atoms with Crippen molar-refractivity contribution in [3.05, 3.63) is 12.0 Å². The van der Waals surface area contributed by atoms with Crippen LogP contribution in [0.1, 0.15) is 20.3 Å². The van der Waals surface area contributed by atoms with Crippen LogP contribution in [0, 0.1) is 0 Å². The van der Waals surface area contributed by atoms with Crippen molar-refractivity contribution in [2.45, 2.75) is 20.3 Å². The van der Waals surface area contributed by atoms with Gasteiger partial charge in [-0.25, -0.2) is 0 Å². The van der Waals surface area contributed by atoms with Gasteiger partial charge in [0.1, 0.15) is 5.76 Å². The molecule has 0 aliphatic rings. The maximum Gasteiger partial charge on any atom is 0.105 e. The number of nitrogens with one attached hydrogen (secondary N) is 1. The van der Waals surface area contributed by atoms with E-state index in [1.54, 1.807) is 13.1 Å². The average molecular weight is 115 g/mol. The summed E-state index contributed by atoms with van der Waals surface area (Å²) >= 11 is 0. The lowest BCUT2D eigenvalue weighted by molar-refractivity contribution is 0.409. The highest BCUT2D eigenvalue weighted by Crippen LogP contribution is 1.78. The zero-order chi connectivity index (χ0) is 6.41. The molecule has 2 heteroatoms. The van der Waals surface area contributed by atoms with E-state index in [0.29, 0.717) is 5.76 Å². The Balaban J connectivity index is 3.03. The van der Waals surface area contributed by atoms with Gasteiger partial charge in [0.15, 0.2) is 0 Å². The predicted octanol–water partition coefficient (Wildman–Crippen LogP) is 1.41. The maximum absolute atomic E-state index is 8.58. The molecule has 0 aromatic carbocycles. The molecule has 8 heavy (non-hydrogen) atoms. The molecule has 0 radical (unpaired) electrons. The van der Waals surface area contributed by atoms with E-state index < -0.39 is 0 Å². The number of hydrogen-bond acceptors (Lipinski definition) is 2. The first-order valence-electron chi connectivity index (χ1n) is 2.86. The Morgan fingerprint density at radius 3 is 2.75 bits per heavy atom. The van der Waals surface area contributed by atoms with Crippen LogP contribution >= 0.6 is 0 Å². The lowest BCUT2D eigenvalue weighted by atomic mass is 10.5. The molecule has 48 valence electrons. The lowest BCUT2D eigenvalue weighted by Crippen LogP contribution is -2.05. The van der Waals surface area contributed by atoms with Gasteiger partial charge in [-0.3, -0.25) is 0 Å². The van der Waals surface area contributed by atoms with Gasteiger partial charge in [0, 0.05) is 12.7 Å². The molecule has 0 bridgehead atoms. The van der Waals surface area contributed by atoms with Gasteiger partial charge < -0.3 is 10.4 Å². The van der Waals surface area contributed by atoms with E-state index in [0.717, 1.165) is 13.0 Å². The molecule has 0 saturated carbocycles. The molecule has 0 aromatic heterocycles. The second kappa shape index (κ2) is 4.50. The molecule has 0 saturated heterocycles. The molecule has 0 fully saturated rings. The highest BCUT2D eigenvalue weighted by molar-refractivity contribution is 4.82. The zero-order valence-corrected chi connectivity index (χ0v) is 5.44. The van der Waals surface area contributed by atoms with Gasteiger partial charge >= 0.3 is 0 Å². The Morgan fingerprint density at radius 1 is 1.75 bits per heavy atom. The van der Waals surface area contributed by atoms with Crippen LogP contribution in [0.2, 0.25) is 0 Å². The summed E-state index contributed by atoms with van der Waals surface area (Å²) in [6.45, 7) is 4.65. The quantitative estimate of drug-likeness (QED) is 0.430. The Labute approximate surface area is 50.2 Å². The molecule has 0 aliphatic carbocycles. The summed E-state index contributed by atoms with van der Waals surface area (Å²) < 4.78 is 0. The number of rotatable bonds is 3. The first-order chi connectivity index (χ1) is 3.77. The van der Waals surface area contributed by atoms with Gasteiger partial charge in [0.25, 0.3) is 0 Å². The molecule has 0 unspecified atom stereocenters. The van der Waals surface area contributed by atoms with Crippen LogP contribution < -0.4 is 5.32 Å². The van der Waals surface area contributed by atoms with Crippen molar-refractivity contribution in [3.8, 4) is 0 Å². The third-order valence-corrected chi connectivity index (χ3v) is 0.705. The topological polar surface area (TPSA) is 32.3 Å². The molecule has 0 aliphatic heterocycles. The van der Waals surface area contributed by atoms with Crippen molar-refractivity contribution in [1.29, 1.82) is 0 Å². The van der Waals surface area contributed by atoms with Crippen molar-refractivity contribution in [2.75, 3.05) is 6.54 Å². The number of aliphatic hydroxyl groups excluding tert-OH is 1. The fraction of sp³-hybridized carbons (Fsp3) is 0.667. The van der Waals surface area contributed by atoms with Gasteiger partial charge in [-0.15, -0.1) is 0 Å².